The molecule has 1 saturated heterocycles. The monoisotopic (exact) mass is 349 g/mol. The van der Waals surface area contributed by atoms with Crippen molar-refractivity contribution in [2.75, 3.05) is 19.6 Å². The number of halogens is 1. The number of nitrogens with one attached hydrogen (secondary N) is 1. The number of benzene rings is 1. The minimum absolute atomic E-state index is 0.0318. The Kier molecular flexibility index (Phi) is 6.93. The number of carbonyl (C=O) groups excluding carboxylic acids is 2. The fraction of sp³-hybridized carbons (Fsp3) is 0.579. The molecule has 0 aliphatic carbocycles. The van der Waals surface area contributed by atoms with Crippen molar-refractivity contribution in [2.45, 2.75) is 39.2 Å². The van der Waals surface area contributed by atoms with Gasteiger partial charge in [0.25, 0.3) is 5.91 Å². The molecule has 0 spiro atoms. The van der Waals surface area contributed by atoms with E-state index in [0.29, 0.717) is 31.1 Å². The third-order valence-corrected chi connectivity index (χ3v) is 4.56. The maximum Gasteiger partial charge on any atom is 0.253 e. The maximum atomic E-state index is 13.0. The Bertz CT molecular complexity index is 589. The smallest absolute Gasteiger partial charge is 0.253 e. The molecule has 6 heteroatoms. The van der Waals surface area contributed by atoms with Gasteiger partial charge in [-0.15, -0.1) is 0 Å². The van der Waals surface area contributed by atoms with Crippen molar-refractivity contribution in [3.8, 4) is 0 Å². The van der Waals surface area contributed by atoms with Crippen LogP contribution in [0.1, 0.15) is 43.5 Å². The van der Waals surface area contributed by atoms with E-state index in [1.807, 2.05) is 0 Å². The van der Waals surface area contributed by atoms with Gasteiger partial charge in [-0.05, 0) is 49.4 Å². The summed E-state index contributed by atoms with van der Waals surface area (Å²) < 4.78 is 13.0. The van der Waals surface area contributed by atoms with Gasteiger partial charge in [0.2, 0.25) is 5.91 Å². The van der Waals surface area contributed by atoms with Crippen LogP contribution < -0.4 is 11.1 Å². The molecule has 1 aromatic carbocycles. The van der Waals surface area contributed by atoms with Crippen molar-refractivity contribution in [1.82, 2.24) is 10.2 Å². The Balaban J connectivity index is 1.96. The topological polar surface area (TPSA) is 75.4 Å². The lowest BCUT2D eigenvalue weighted by molar-refractivity contribution is -0.127. The van der Waals surface area contributed by atoms with E-state index in [4.69, 9.17) is 5.73 Å². The number of hydrogen-bond donors (Lipinski definition) is 2. The van der Waals surface area contributed by atoms with Crippen molar-refractivity contribution < 1.29 is 14.0 Å². The van der Waals surface area contributed by atoms with Crippen LogP contribution in [-0.4, -0.2) is 42.4 Å². The molecule has 138 valence electrons. The quantitative estimate of drug-likeness (QED) is 0.826. The summed E-state index contributed by atoms with van der Waals surface area (Å²) in [5.41, 5.74) is 6.20. The van der Waals surface area contributed by atoms with Gasteiger partial charge in [0.15, 0.2) is 0 Å². The van der Waals surface area contributed by atoms with Gasteiger partial charge in [0, 0.05) is 31.2 Å². The van der Waals surface area contributed by atoms with Crippen LogP contribution in [0.5, 0.6) is 0 Å². The molecule has 1 fully saturated rings. The molecule has 0 aromatic heterocycles. The zero-order valence-electron chi connectivity index (χ0n) is 15.0. The molecule has 1 aliphatic heterocycles. The third kappa shape index (κ3) is 5.53. The summed E-state index contributed by atoms with van der Waals surface area (Å²) in [5.74, 6) is -0.329. The summed E-state index contributed by atoms with van der Waals surface area (Å²) in [6, 6.07) is 5.48. The lowest BCUT2D eigenvalue weighted by atomic mass is 9.95. The SMILES string of the molecule is CC(C)CC(CN)NC(=O)C1CCCN(C(=O)c2ccc(F)cc2)C1. The fourth-order valence-corrected chi connectivity index (χ4v) is 3.25. The predicted octanol–water partition coefficient (Wildman–Crippen LogP) is 2.17. The van der Waals surface area contributed by atoms with Gasteiger partial charge in [-0.3, -0.25) is 9.59 Å². The molecule has 1 aliphatic rings. The number of piperidine rings is 1. The average molecular weight is 349 g/mol. The van der Waals surface area contributed by atoms with Crippen LogP contribution in [-0.2, 0) is 4.79 Å². The van der Waals surface area contributed by atoms with Crippen LogP contribution in [0.4, 0.5) is 4.39 Å². The lowest BCUT2D eigenvalue weighted by Gasteiger charge is -2.33. The summed E-state index contributed by atoms with van der Waals surface area (Å²) in [7, 11) is 0. The first kappa shape index (κ1) is 19.4. The summed E-state index contributed by atoms with van der Waals surface area (Å²) in [5, 5.41) is 3.02. The predicted molar refractivity (Wildman–Crippen MR) is 95.5 cm³/mol. The number of amides is 2. The Morgan fingerprint density at radius 3 is 2.60 bits per heavy atom. The molecule has 1 aromatic rings. The van der Waals surface area contributed by atoms with Gasteiger partial charge < -0.3 is 16.0 Å². The Labute approximate surface area is 148 Å². The Hall–Kier alpha value is -1.95. The first-order valence-corrected chi connectivity index (χ1v) is 8.96. The second kappa shape index (κ2) is 8.94. The second-order valence-corrected chi connectivity index (χ2v) is 7.17. The van der Waals surface area contributed by atoms with Crippen LogP contribution in [0.3, 0.4) is 0 Å². The molecule has 5 nitrogen and oxygen atoms in total. The van der Waals surface area contributed by atoms with E-state index in [0.717, 1.165) is 19.3 Å². The molecule has 2 rings (SSSR count). The second-order valence-electron chi connectivity index (χ2n) is 7.17. The molecular weight excluding hydrogens is 321 g/mol. The molecule has 0 saturated carbocycles. The largest absolute Gasteiger partial charge is 0.352 e. The molecule has 2 amide bonds. The van der Waals surface area contributed by atoms with Gasteiger partial charge >= 0.3 is 0 Å². The van der Waals surface area contributed by atoms with Crippen molar-refractivity contribution in [2.24, 2.45) is 17.6 Å². The van der Waals surface area contributed by atoms with Crippen LogP contribution in [0.15, 0.2) is 24.3 Å². The first-order chi connectivity index (χ1) is 11.9. The third-order valence-electron chi connectivity index (χ3n) is 4.56. The molecule has 2 atom stereocenters. The van der Waals surface area contributed by atoms with Gasteiger partial charge in [-0.1, -0.05) is 13.8 Å². The number of nitrogens with two attached hydrogens (primary N) is 1. The summed E-state index contributed by atoms with van der Waals surface area (Å²) in [4.78, 5) is 26.8. The normalized spacial score (nSPS) is 18.9. The molecule has 0 radical (unpaired) electrons. The van der Waals surface area contributed by atoms with Crippen molar-refractivity contribution in [1.29, 1.82) is 0 Å². The van der Waals surface area contributed by atoms with Gasteiger partial charge in [0.1, 0.15) is 5.82 Å². The highest BCUT2D eigenvalue weighted by Crippen LogP contribution is 2.19. The summed E-state index contributed by atoms with van der Waals surface area (Å²) >= 11 is 0. The van der Waals surface area contributed by atoms with Crippen LogP contribution in [0, 0.1) is 17.7 Å². The zero-order valence-corrected chi connectivity index (χ0v) is 15.0. The minimum Gasteiger partial charge on any atom is -0.352 e. The van der Waals surface area contributed by atoms with E-state index in [1.165, 1.54) is 24.3 Å². The van der Waals surface area contributed by atoms with E-state index < -0.39 is 0 Å². The number of rotatable bonds is 6. The van der Waals surface area contributed by atoms with Crippen molar-refractivity contribution in [3.63, 3.8) is 0 Å². The fourth-order valence-electron chi connectivity index (χ4n) is 3.25. The van der Waals surface area contributed by atoms with E-state index in [9.17, 15) is 14.0 Å². The Morgan fingerprint density at radius 2 is 2.00 bits per heavy atom. The zero-order chi connectivity index (χ0) is 18.4. The van der Waals surface area contributed by atoms with Crippen molar-refractivity contribution >= 4 is 11.8 Å². The maximum absolute atomic E-state index is 13.0. The standard InChI is InChI=1S/C19H28FN3O2/c1-13(2)10-17(11-21)22-18(24)15-4-3-9-23(12-15)19(25)14-5-7-16(20)8-6-14/h5-8,13,15,17H,3-4,9-12,21H2,1-2H3,(H,22,24). The van der Waals surface area contributed by atoms with Crippen LogP contribution in [0.25, 0.3) is 0 Å². The number of likely N-dealkylation sites (tertiary alicyclic amines) is 1. The van der Waals surface area contributed by atoms with Gasteiger partial charge in [-0.2, -0.15) is 0 Å². The van der Waals surface area contributed by atoms with Crippen molar-refractivity contribution in [3.05, 3.63) is 35.6 Å². The molecule has 1 heterocycles. The number of carbonyl (C=O) groups is 2. The molecule has 25 heavy (non-hydrogen) atoms. The summed E-state index contributed by atoms with van der Waals surface area (Å²) in [6.45, 7) is 5.61. The van der Waals surface area contributed by atoms with Crippen LogP contribution >= 0.6 is 0 Å². The first-order valence-electron chi connectivity index (χ1n) is 8.96. The van der Waals surface area contributed by atoms with Gasteiger partial charge in [-0.25, -0.2) is 4.39 Å². The molecular formula is C19H28FN3O2. The molecule has 2 unspecified atom stereocenters. The lowest BCUT2D eigenvalue weighted by Crippen LogP contribution is -2.49. The minimum atomic E-state index is -0.370. The van der Waals surface area contributed by atoms with Gasteiger partial charge in [0.05, 0.1) is 5.92 Å². The molecule has 0 bridgehead atoms. The van der Waals surface area contributed by atoms with Crippen LogP contribution in [0.2, 0.25) is 0 Å². The van der Waals surface area contributed by atoms with E-state index in [-0.39, 0.29) is 29.6 Å². The van der Waals surface area contributed by atoms with E-state index in [2.05, 4.69) is 19.2 Å². The van der Waals surface area contributed by atoms with E-state index >= 15 is 0 Å². The highest BCUT2D eigenvalue weighted by atomic mass is 19.1. The number of hydrogen-bond acceptors (Lipinski definition) is 3. The summed E-state index contributed by atoms with van der Waals surface area (Å²) in [6.07, 6.45) is 2.38. The average Bonchev–Trinajstić information content (AvgIpc) is 2.60. The Morgan fingerprint density at radius 1 is 1.32 bits per heavy atom. The van der Waals surface area contributed by atoms with E-state index in [1.54, 1.807) is 4.90 Å². The molecule has 3 N–H and O–H groups in total. The highest BCUT2D eigenvalue weighted by Gasteiger charge is 2.29. The number of nitrogens with zero attached hydrogens (tertiary/aromatic N) is 1. The highest BCUT2D eigenvalue weighted by molar-refractivity contribution is 5.94.